The van der Waals surface area contributed by atoms with E-state index in [2.05, 4.69) is 31.4 Å². The largest absolute Gasteiger partial charge is 0.379 e. The molecule has 3 rings (SSSR count). The zero-order chi connectivity index (χ0) is 16.4. The third-order valence-electron chi connectivity index (χ3n) is 3.63. The molecular formula is C15H16BrClN4O2S. The lowest BCUT2D eigenvalue weighted by Crippen LogP contribution is -2.29. The standard InChI is InChI=1S/C15H15BrN4O2S.ClH/c1-15(3-5-23-14(17)20-15)9-6-10(16)8-11(7-9)19-13(21)12-2-4-18-22-12;/h2,4,6-8H,3,5H2,1H3,(H2,17,20)(H,19,21);1H. The zero-order valence-electron chi connectivity index (χ0n) is 12.8. The van der Waals surface area contributed by atoms with Gasteiger partial charge in [-0.25, -0.2) is 0 Å². The summed E-state index contributed by atoms with van der Waals surface area (Å²) in [7, 11) is 0. The van der Waals surface area contributed by atoms with Crippen LogP contribution in [0.4, 0.5) is 5.69 Å². The fourth-order valence-electron chi connectivity index (χ4n) is 2.39. The molecule has 0 saturated carbocycles. The third kappa shape index (κ3) is 4.12. The van der Waals surface area contributed by atoms with Crippen LogP contribution in [0.1, 0.15) is 29.5 Å². The van der Waals surface area contributed by atoms with Crippen molar-refractivity contribution in [3.05, 3.63) is 46.3 Å². The Morgan fingerprint density at radius 1 is 1.46 bits per heavy atom. The highest BCUT2D eigenvalue weighted by Gasteiger charge is 2.30. The number of rotatable bonds is 3. The molecule has 0 aliphatic carbocycles. The third-order valence-corrected chi connectivity index (χ3v) is 4.89. The van der Waals surface area contributed by atoms with Crippen molar-refractivity contribution in [2.75, 3.05) is 11.1 Å². The predicted molar refractivity (Wildman–Crippen MR) is 102 cm³/mol. The Morgan fingerprint density at radius 2 is 2.25 bits per heavy atom. The molecule has 1 aliphatic rings. The molecule has 128 valence electrons. The van der Waals surface area contributed by atoms with Crippen molar-refractivity contribution in [3.8, 4) is 0 Å². The number of amidine groups is 1. The Bertz CT molecular complexity index is 769. The molecule has 1 atom stereocenters. The van der Waals surface area contributed by atoms with E-state index in [0.29, 0.717) is 10.9 Å². The number of amides is 1. The van der Waals surface area contributed by atoms with E-state index in [1.165, 1.54) is 12.3 Å². The summed E-state index contributed by atoms with van der Waals surface area (Å²) in [6, 6.07) is 7.24. The molecule has 0 spiro atoms. The SMILES string of the molecule is CC1(c2cc(Br)cc(NC(=O)c3ccno3)c2)CCSC(N)=N1.Cl. The molecule has 1 aromatic heterocycles. The normalized spacial score (nSPS) is 20.0. The number of nitrogens with two attached hydrogens (primary N) is 1. The van der Waals surface area contributed by atoms with Crippen LogP contribution in [0.15, 0.2) is 44.5 Å². The van der Waals surface area contributed by atoms with Gasteiger partial charge < -0.3 is 15.6 Å². The van der Waals surface area contributed by atoms with Gasteiger partial charge in [-0.2, -0.15) is 0 Å². The summed E-state index contributed by atoms with van der Waals surface area (Å²) < 4.78 is 5.72. The lowest BCUT2D eigenvalue weighted by Gasteiger charge is -2.30. The number of hydrogen-bond acceptors (Lipinski definition) is 6. The number of aromatic nitrogens is 1. The number of benzene rings is 1. The van der Waals surface area contributed by atoms with E-state index < -0.39 is 5.54 Å². The molecule has 0 bridgehead atoms. The smallest absolute Gasteiger partial charge is 0.294 e. The average molecular weight is 432 g/mol. The highest BCUT2D eigenvalue weighted by atomic mass is 79.9. The molecule has 0 saturated heterocycles. The molecule has 1 unspecified atom stereocenters. The molecule has 2 heterocycles. The number of hydrogen-bond donors (Lipinski definition) is 2. The van der Waals surface area contributed by atoms with Gasteiger partial charge in [0.25, 0.3) is 5.91 Å². The van der Waals surface area contributed by atoms with E-state index in [-0.39, 0.29) is 24.1 Å². The quantitative estimate of drug-likeness (QED) is 0.771. The number of halogens is 2. The van der Waals surface area contributed by atoms with Crippen molar-refractivity contribution < 1.29 is 9.32 Å². The number of carbonyl (C=O) groups excluding carboxylic acids is 1. The van der Waals surface area contributed by atoms with Gasteiger partial charge in [0, 0.05) is 22.0 Å². The van der Waals surface area contributed by atoms with E-state index in [1.807, 2.05) is 25.1 Å². The minimum atomic E-state index is -0.398. The number of thioether (sulfide) groups is 1. The van der Waals surface area contributed by atoms with Gasteiger partial charge in [-0.1, -0.05) is 32.8 Å². The van der Waals surface area contributed by atoms with Crippen LogP contribution in [0.5, 0.6) is 0 Å². The van der Waals surface area contributed by atoms with E-state index in [9.17, 15) is 4.79 Å². The van der Waals surface area contributed by atoms with Gasteiger partial charge in [0.2, 0.25) is 5.76 Å². The van der Waals surface area contributed by atoms with Gasteiger partial charge in [0.05, 0.1) is 11.7 Å². The molecule has 6 nitrogen and oxygen atoms in total. The second-order valence-corrected chi connectivity index (χ2v) is 7.41. The monoisotopic (exact) mass is 430 g/mol. The van der Waals surface area contributed by atoms with Crippen molar-refractivity contribution in [3.63, 3.8) is 0 Å². The van der Waals surface area contributed by atoms with Crippen molar-refractivity contribution in [1.29, 1.82) is 0 Å². The second kappa shape index (κ2) is 7.58. The maximum absolute atomic E-state index is 12.1. The topological polar surface area (TPSA) is 93.5 Å². The summed E-state index contributed by atoms with van der Waals surface area (Å²) in [5.41, 5.74) is 7.13. The summed E-state index contributed by atoms with van der Waals surface area (Å²) >= 11 is 5.04. The van der Waals surface area contributed by atoms with Crippen LogP contribution in [-0.4, -0.2) is 22.0 Å². The molecule has 3 N–H and O–H groups in total. The Morgan fingerprint density at radius 3 is 2.92 bits per heavy atom. The van der Waals surface area contributed by atoms with Crippen LogP contribution >= 0.6 is 40.1 Å². The first-order valence-electron chi connectivity index (χ1n) is 6.97. The molecule has 1 aromatic carbocycles. The fraction of sp³-hybridized carbons (Fsp3) is 0.267. The van der Waals surface area contributed by atoms with E-state index in [4.69, 9.17) is 10.3 Å². The molecule has 2 aromatic rings. The first kappa shape index (κ1) is 18.8. The average Bonchev–Trinajstić information content (AvgIpc) is 3.00. The summed E-state index contributed by atoms with van der Waals surface area (Å²) in [5.74, 6) is 0.728. The van der Waals surface area contributed by atoms with Crippen LogP contribution < -0.4 is 11.1 Å². The fourth-order valence-corrected chi connectivity index (χ4v) is 3.86. The highest BCUT2D eigenvalue weighted by molar-refractivity contribution is 9.10. The summed E-state index contributed by atoms with van der Waals surface area (Å²) in [5, 5.41) is 6.93. The van der Waals surface area contributed by atoms with Gasteiger partial charge in [0.15, 0.2) is 5.17 Å². The van der Waals surface area contributed by atoms with Crippen molar-refractivity contribution in [1.82, 2.24) is 5.16 Å². The highest BCUT2D eigenvalue weighted by Crippen LogP contribution is 2.37. The number of anilines is 1. The van der Waals surface area contributed by atoms with Crippen LogP contribution in [0.3, 0.4) is 0 Å². The lowest BCUT2D eigenvalue weighted by atomic mass is 9.89. The van der Waals surface area contributed by atoms with Gasteiger partial charge in [0.1, 0.15) is 0 Å². The number of aliphatic imine (C=N–C) groups is 1. The van der Waals surface area contributed by atoms with Crippen molar-refractivity contribution >= 4 is 56.9 Å². The molecule has 1 amide bonds. The van der Waals surface area contributed by atoms with Crippen LogP contribution in [0.2, 0.25) is 0 Å². The number of carbonyl (C=O) groups is 1. The first-order chi connectivity index (χ1) is 11.0. The van der Waals surface area contributed by atoms with E-state index >= 15 is 0 Å². The zero-order valence-corrected chi connectivity index (χ0v) is 16.0. The Labute approximate surface area is 158 Å². The molecule has 9 heteroatoms. The second-order valence-electron chi connectivity index (χ2n) is 5.38. The Balaban J connectivity index is 0.00000208. The summed E-state index contributed by atoms with van der Waals surface area (Å²) in [6.07, 6.45) is 2.31. The van der Waals surface area contributed by atoms with Gasteiger partial charge in [-0.15, -0.1) is 12.4 Å². The number of nitrogens with zero attached hydrogens (tertiary/aromatic N) is 2. The predicted octanol–water partition coefficient (Wildman–Crippen LogP) is 3.78. The van der Waals surface area contributed by atoms with Crippen molar-refractivity contribution in [2.24, 2.45) is 10.7 Å². The minimum Gasteiger partial charge on any atom is -0.379 e. The van der Waals surface area contributed by atoms with Gasteiger partial charge >= 0.3 is 0 Å². The summed E-state index contributed by atoms with van der Waals surface area (Å²) in [6.45, 7) is 2.05. The summed E-state index contributed by atoms with van der Waals surface area (Å²) in [4.78, 5) is 16.7. The Kier molecular flexibility index (Phi) is 5.95. The van der Waals surface area contributed by atoms with Crippen LogP contribution in [0, 0.1) is 0 Å². The molecular weight excluding hydrogens is 416 g/mol. The lowest BCUT2D eigenvalue weighted by molar-refractivity contribution is 0.0988. The molecule has 1 aliphatic heterocycles. The van der Waals surface area contributed by atoms with E-state index in [0.717, 1.165) is 22.2 Å². The Hall–Kier alpha value is -1.51. The van der Waals surface area contributed by atoms with Gasteiger partial charge in [-0.3, -0.25) is 9.79 Å². The van der Waals surface area contributed by atoms with E-state index in [1.54, 1.807) is 11.8 Å². The maximum Gasteiger partial charge on any atom is 0.294 e. The minimum absolute atomic E-state index is 0. The molecule has 24 heavy (non-hydrogen) atoms. The number of nitrogens with one attached hydrogen (secondary N) is 1. The molecule has 0 fully saturated rings. The van der Waals surface area contributed by atoms with Crippen LogP contribution in [-0.2, 0) is 5.54 Å². The van der Waals surface area contributed by atoms with Crippen LogP contribution in [0.25, 0.3) is 0 Å². The maximum atomic E-state index is 12.1. The van der Waals surface area contributed by atoms with Gasteiger partial charge in [-0.05, 0) is 37.1 Å². The first-order valence-corrected chi connectivity index (χ1v) is 8.75. The molecule has 0 radical (unpaired) electrons. The van der Waals surface area contributed by atoms with Crippen molar-refractivity contribution in [2.45, 2.75) is 18.9 Å².